The maximum Gasteiger partial charge on any atom is 0.308 e. The van der Waals surface area contributed by atoms with Gasteiger partial charge in [0, 0.05) is 18.0 Å². The molecule has 0 radical (unpaired) electrons. The van der Waals surface area contributed by atoms with Gasteiger partial charge < -0.3 is 15.1 Å². The van der Waals surface area contributed by atoms with E-state index in [4.69, 9.17) is 10.2 Å². The molecule has 1 atom stereocenters. The molecule has 6 nitrogen and oxygen atoms in total. The summed E-state index contributed by atoms with van der Waals surface area (Å²) < 4.78 is 0. The first-order valence-electron chi connectivity index (χ1n) is 5.94. The molecule has 1 aromatic heterocycles. The summed E-state index contributed by atoms with van der Waals surface area (Å²) in [6.45, 7) is 5.94. The molecule has 0 fully saturated rings. The standard InChI is InChI=1S/C12H18N2O4S/c1-7(11(17)18)6-14(5-4-10(15)16)12-13-8(2)9(3)19-12/h7H,4-6H2,1-3H3,(H,15,16)(H,17,18). The third kappa shape index (κ3) is 4.51. The Labute approximate surface area is 115 Å². The average Bonchev–Trinajstić information content (AvgIpc) is 2.64. The Morgan fingerprint density at radius 2 is 2.00 bits per heavy atom. The minimum Gasteiger partial charge on any atom is -0.481 e. The zero-order valence-electron chi connectivity index (χ0n) is 11.2. The minimum absolute atomic E-state index is 0.0377. The Morgan fingerprint density at radius 1 is 1.37 bits per heavy atom. The van der Waals surface area contributed by atoms with Crippen molar-refractivity contribution in [1.82, 2.24) is 4.98 Å². The normalized spacial score (nSPS) is 12.2. The summed E-state index contributed by atoms with van der Waals surface area (Å²) in [5.41, 5.74) is 0.892. The van der Waals surface area contributed by atoms with E-state index in [1.807, 2.05) is 13.8 Å². The van der Waals surface area contributed by atoms with Gasteiger partial charge >= 0.3 is 11.9 Å². The number of thiazole rings is 1. The number of hydrogen-bond acceptors (Lipinski definition) is 5. The lowest BCUT2D eigenvalue weighted by molar-refractivity contribution is -0.140. The maximum absolute atomic E-state index is 10.9. The van der Waals surface area contributed by atoms with Gasteiger partial charge in [-0.1, -0.05) is 6.92 Å². The lowest BCUT2D eigenvalue weighted by atomic mass is 10.2. The number of carboxylic acid groups (broad SMARTS) is 2. The Morgan fingerprint density at radius 3 is 2.42 bits per heavy atom. The second-order valence-corrected chi connectivity index (χ2v) is 5.65. The van der Waals surface area contributed by atoms with Gasteiger partial charge in [-0.2, -0.15) is 0 Å². The van der Waals surface area contributed by atoms with Gasteiger partial charge in [0.2, 0.25) is 0 Å². The number of aromatic nitrogens is 1. The summed E-state index contributed by atoms with van der Waals surface area (Å²) in [6, 6.07) is 0. The summed E-state index contributed by atoms with van der Waals surface area (Å²) >= 11 is 1.46. The molecule has 1 rings (SSSR count). The molecule has 0 amide bonds. The monoisotopic (exact) mass is 286 g/mol. The summed E-state index contributed by atoms with van der Waals surface area (Å²) in [6.07, 6.45) is -0.0377. The van der Waals surface area contributed by atoms with E-state index in [9.17, 15) is 9.59 Å². The van der Waals surface area contributed by atoms with Crippen LogP contribution in [0.1, 0.15) is 23.9 Å². The Bertz CT molecular complexity index is 453. The van der Waals surface area contributed by atoms with Crippen LogP contribution in [0.5, 0.6) is 0 Å². The molecule has 0 saturated carbocycles. The number of anilines is 1. The average molecular weight is 286 g/mol. The summed E-state index contributed by atoms with van der Waals surface area (Å²) in [4.78, 5) is 28.7. The van der Waals surface area contributed by atoms with E-state index in [1.54, 1.807) is 11.8 Å². The fraction of sp³-hybridized carbons (Fsp3) is 0.583. The van der Waals surface area contributed by atoms with Crippen molar-refractivity contribution < 1.29 is 19.8 Å². The second-order valence-electron chi connectivity index (χ2n) is 4.47. The van der Waals surface area contributed by atoms with Gasteiger partial charge in [0.1, 0.15) is 0 Å². The topological polar surface area (TPSA) is 90.7 Å². The first-order chi connectivity index (χ1) is 8.81. The lowest BCUT2D eigenvalue weighted by Crippen LogP contribution is -2.33. The van der Waals surface area contributed by atoms with Crippen molar-refractivity contribution in [2.45, 2.75) is 27.2 Å². The lowest BCUT2D eigenvalue weighted by Gasteiger charge is -2.23. The van der Waals surface area contributed by atoms with Gasteiger partial charge in [0.25, 0.3) is 0 Å². The molecule has 0 saturated heterocycles. The predicted molar refractivity (Wildman–Crippen MR) is 72.9 cm³/mol. The quantitative estimate of drug-likeness (QED) is 0.793. The number of carboxylic acids is 2. The van der Waals surface area contributed by atoms with Crippen molar-refractivity contribution in [3.05, 3.63) is 10.6 Å². The van der Waals surface area contributed by atoms with E-state index < -0.39 is 17.9 Å². The van der Waals surface area contributed by atoms with Gasteiger partial charge in [-0.15, -0.1) is 11.3 Å². The van der Waals surface area contributed by atoms with Crippen LogP contribution < -0.4 is 4.90 Å². The van der Waals surface area contributed by atoms with Crippen LogP contribution >= 0.6 is 11.3 Å². The van der Waals surface area contributed by atoms with Crippen molar-refractivity contribution in [3.63, 3.8) is 0 Å². The highest BCUT2D eigenvalue weighted by Gasteiger charge is 2.20. The van der Waals surface area contributed by atoms with Crippen LogP contribution in [0, 0.1) is 19.8 Å². The predicted octanol–water partition coefficient (Wildman–Crippen LogP) is 1.76. The Kier molecular flexibility index (Phi) is 5.29. The van der Waals surface area contributed by atoms with E-state index in [0.717, 1.165) is 10.6 Å². The molecule has 0 aromatic carbocycles. The number of carbonyl (C=O) groups is 2. The molecule has 19 heavy (non-hydrogen) atoms. The molecule has 2 N–H and O–H groups in total. The second kappa shape index (κ2) is 6.51. The first-order valence-corrected chi connectivity index (χ1v) is 6.76. The van der Waals surface area contributed by atoms with Crippen molar-refractivity contribution in [2.75, 3.05) is 18.0 Å². The van der Waals surface area contributed by atoms with Gasteiger partial charge in [-0.25, -0.2) is 4.98 Å². The highest BCUT2D eigenvalue weighted by Crippen LogP contribution is 2.26. The molecular weight excluding hydrogens is 268 g/mol. The molecule has 0 spiro atoms. The van der Waals surface area contributed by atoms with E-state index in [1.165, 1.54) is 11.3 Å². The highest BCUT2D eigenvalue weighted by molar-refractivity contribution is 7.15. The van der Waals surface area contributed by atoms with E-state index >= 15 is 0 Å². The Balaban J connectivity index is 2.84. The minimum atomic E-state index is -0.905. The van der Waals surface area contributed by atoms with Crippen LogP contribution in [0.2, 0.25) is 0 Å². The van der Waals surface area contributed by atoms with Crippen LogP contribution in [0.3, 0.4) is 0 Å². The number of rotatable bonds is 7. The van der Waals surface area contributed by atoms with Crippen molar-refractivity contribution >= 4 is 28.4 Å². The number of hydrogen-bond donors (Lipinski definition) is 2. The third-order valence-corrected chi connectivity index (χ3v) is 3.93. The molecule has 0 aliphatic rings. The molecule has 0 bridgehead atoms. The summed E-state index contributed by atoms with van der Waals surface area (Å²) in [5.74, 6) is -2.37. The largest absolute Gasteiger partial charge is 0.481 e. The molecule has 106 valence electrons. The SMILES string of the molecule is Cc1nc(N(CCC(=O)O)CC(C)C(=O)O)sc1C. The van der Waals surface area contributed by atoms with Crippen molar-refractivity contribution in [2.24, 2.45) is 5.92 Å². The molecule has 0 aliphatic heterocycles. The van der Waals surface area contributed by atoms with Crippen LogP contribution in [-0.4, -0.2) is 40.2 Å². The van der Waals surface area contributed by atoms with Gasteiger partial charge in [0.15, 0.2) is 5.13 Å². The van der Waals surface area contributed by atoms with Crippen LogP contribution in [0.25, 0.3) is 0 Å². The van der Waals surface area contributed by atoms with Gasteiger partial charge in [0.05, 0.1) is 18.0 Å². The number of nitrogens with zero attached hydrogens (tertiary/aromatic N) is 2. The smallest absolute Gasteiger partial charge is 0.308 e. The maximum atomic E-state index is 10.9. The van der Waals surface area contributed by atoms with E-state index in [0.29, 0.717) is 5.13 Å². The molecule has 1 unspecified atom stereocenters. The fourth-order valence-electron chi connectivity index (χ4n) is 1.50. The number of aryl methyl sites for hydroxylation is 2. The van der Waals surface area contributed by atoms with E-state index in [-0.39, 0.29) is 19.5 Å². The fourth-order valence-corrected chi connectivity index (χ4v) is 2.44. The van der Waals surface area contributed by atoms with Crippen LogP contribution in [-0.2, 0) is 9.59 Å². The molecule has 7 heteroatoms. The van der Waals surface area contributed by atoms with Crippen molar-refractivity contribution in [1.29, 1.82) is 0 Å². The molecule has 1 aromatic rings. The first kappa shape index (κ1) is 15.4. The zero-order chi connectivity index (χ0) is 14.6. The van der Waals surface area contributed by atoms with E-state index in [2.05, 4.69) is 4.98 Å². The van der Waals surface area contributed by atoms with Gasteiger partial charge in [-0.3, -0.25) is 9.59 Å². The summed E-state index contributed by atoms with van der Waals surface area (Å²) in [7, 11) is 0. The van der Waals surface area contributed by atoms with Gasteiger partial charge in [-0.05, 0) is 13.8 Å². The van der Waals surface area contributed by atoms with Crippen LogP contribution in [0.15, 0.2) is 0 Å². The zero-order valence-corrected chi connectivity index (χ0v) is 12.0. The number of aliphatic carboxylic acids is 2. The van der Waals surface area contributed by atoms with Crippen LogP contribution in [0.4, 0.5) is 5.13 Å². The Hall–Kier alpha value is -1.63. The molecule has 0 aliphatic carbocycles. The third-order valence-electron chi connectivity index (χ3n) is 2.80. The highest BCUT2D eigenvalue weighted by atomic mass is 32.1. The molecular formula is C12H18N2O4S. The van der Waals surface area contributed by atoms with Crippen molar-refractivity contribution in [3.8, 4) is 0 Å². The summed E-state index contributed by atoms with van der Waals surface area (Å²) in [5, 5.41) is 18.4. The molecule has 1 heterocycles.